The standard InChI is InChI=1S/C16H28O4/c1-11(2)13(9-15(17)18)7-5-6-8-14(12(3)4)10-16(19)20/h5-6,11-14H,7-10H2,1-4H3,(H,17,18)(H,19,20). The van der Waals surface area contributed by atoms with Crippen molar-refractivity contribution in [2.75, 3.05) is 0 Å². The minimum Gasteiger partial charge on any atom is -0.481 e. The number of hydrogen-bond acceptors (Lipinski definition) is 2. The van der Waals surface area contributed by atoms with Crippen molar-refractivity contribution in [1.82, 2.24) is 0 Å². The number of allylic oxidation sites excluding steroid dienone is 2. The quantitative estimate of drug-likeness (QED) is 0.598. The van der Waals surface area contributed by atoms with Gasteiger partial charge in [0.1, 0.15) is 0 Å². The molecule has 0 rings (SSSR count). The van der Waals surface area contributed by atoms with Gasteiger partial charge < -0.3 is 10.2 Å². The van der Waals surface area contributed by atoms with Gasteiger partial charge in [-0.1, -0.05) is 39.8 Å². The van der Waals surface area contributed by atoms with Crippen molar-refractivity contribution in [2.45, 2.75) is 53.4 Å². The summed E-state index contributed by atoms with van der Waals surface area (Å²) < 4.78 is 0. The molecule has 0 bridgehead atoms. The molecule has 0 aromatic rings. The van der Waals surface area contributed by atoms with Gasteiger partial charge in [0.05, 0.1) is 0 Å². The van der Waals surface area contributed by atoms with Crippen LogP contribution in [0.15, 0.2) is 12.2 Å². The lowest BCUT2D eigenvalue weighted by molar-refractivity contribution is -0.139. The molecule has 0 spiro atoms. The highest BCUT2D eigenvalue weighted by molar-refractivity contribution is 5.67. The van der Waals surface area contributed by atoms with Crippen LogP contribution in [0.25, 0.3) is 0 Å². The molecule has 2 unspecified atom stereocenters. The Bertz CT molecular complexity index is 299. The Kier molecular flexibility index (Phi) is 8.93. The zero-order valence-electron chi connectivity index (χ0n) is 13.0. The molecule has 4 heteroatoms. The minimum absolute atomic E-state index is 0.140. The molecule has 0 radical (unpaired) electrons. The largest absolute Gasteiger partial charge is 0.481 e. The Balaban J connectivity index is 4.32. The molecule has 0 aliphatic carbocycles. The number of rotatable bonds is 10. The van der Waals surface area contributed by atoms with Crippen LogP contribution in [0.4, 0.5) is 0 Å². The predicted molar refractivity (Wildman–Crippen MR) is 79.5 cm³/mol. The number of aliphatic carboxylic acids is 2. The van der Waals surface area contributed by atoms with Gasteiger partial charge in [-0.15, -0.1) is 0 Å². The number of carboxylic acid groups (broad SMARTS) is 2. The van der Waals surface area contributed by atoms with E-state index < -0.39 is 11.9 Å². The first kappa shape index (κ1) is 18.7. The maximum Gasteiger partial charge on any atom is 0.303 e. The van der Waals surface area contributed by atoms with Crippen LogP contribution >= 0.6 is 0 Å². The Hall–Kier alpha value is -1.32. The van der Waals surface area contributed by atoms with E-state index in [1.165, 1.54) is 0 Å². The molecule has 0 saturated carbocycles. The van der Waals surface area contributed by atoms with Crippen LogP contribution in [0.1, 0.15) is 53.4 Å². The van der Waals surface area contributed by atoms with Gasteiger partial charge in [0.2, 0.25) is 0 Å². The van der Waals surface area contributed by atoms with E-state index in [4.69, 9.17) is 10.2 Å². The molecule has 0 amide bonds. The molecule has 0 aliphatic rings. The summed E-state index contributed by atoms with van der Waals surface area (Å²) in [5.41, 5.74) is 0. The molecule has 20 heavy (non-hydrogen) atoms. The van der Waals surface area contributed by atoms with Crippen LogP contribution < -0.4 is 0 Å². The second kappa shape index (κ2) is 9.56. The van der Waals surface area contributed by atoms with Crippen LogP contribution in [0.2, 0.25) is 0 Å². The monoisotopic (exact) mass is 284 g/mol. The lowest BCUT2D eigenvalue weighted by Gasteiger charge is -2.18. The summed E-state index contributed by atoms with van der Waals surface area (Å²) in [6.45, 7) is 8.12. The highest BCUT2D eigenvalue weighted by atomic mass is 16.4. The van der Waals surface area contributed by atoms with Gasteiger partial charge >= 0.3 is 11.9 Å². The zero-order chi connectivity index (χ0) is 15.7. The Morgan fingerprint density at radius 1 is 0.800 bits per heavy atom. The van der Waals surface area contributed by atoms with E-state index >= 15 is 0 Å². The summed E-state index contributed by atoms with van der Waals surface area (Å²) in [6.07, 6.45) is 5.86. The summed E-state index contributed by atoms with van der Waals surface area (Å²) in [4.78, 5) is 21.6. The molecular formula is C16H28O4. The van der Waals surface area contributed by atoms with Gasteiger partial charge in [-0.3, -0.25) is 9.59 Å². The summed E-state index contributed by atoms with van der Waals surface area (Å²) in [5, 5.41) is 17.7. The summed E-state index contributed by atoms with van der Waals surface area (Å²) >= 11 is 0. The van der Waals surface area contributed by atoms with E-state index in [1.807, 2.05) is 39.8 Å². The van der Waals surface area contributed by atoms with Crippen LogP contribution in [-0.2, 0) is 9.59 Å². The highest BCUT2D eigenvalue weighted by Crippen LogP contribution is 2.22. The molecule has 0 aromatic carbocycles. The molecule has 0 saturated heterocycles. The van der Waals surface area contributed by atoms with Gasteiger partial charge in [-0.2, -0.15) is 0 Å². The maximum atomic E-state index is 10.8. The van der Waals surface area contributed by atoms with E-state index in [0.29, 0.717) is 11.8 Å². The van der Waals surface area contributed by atoms with E-state index in [9.17, 15) is 9.59 Å². The smallest absolute Gasteiger partial charge is 0.303 e. The average Bonchev–Trinajstić information content (AvgIpc) is 2.29. The second-order valence-corrected chi connectivity index (χ2v) is 6.15. The van der Waals surface area contributed by atoms with Crippen molar-refractivity contribution in [2.24, 2.45) is 23.7 Å². The molecule has 0 aromatic heterocycles. The number of hydrogen-bond donors (Lipinski definition) is 2. The van der Waals surface area contributed by atoms with Crippen molar-refractivity contribution in [3.63, 3.8) is 0 Å². The number of carboxylic acids is 2. The first-order valence-electron chi connectivity index (χ1n) is 7.32. The second-order valence-electron chi connectivity index (χ2n) is 6.15. The first-order valence-corrected chi connectivity index (χ1v) is 7.32. The fourth-order valence-corrected chi connectivity index (χ4v) is 2.17. The summed E-state index contributed by atoms with van der Waals surface area (Å²) in [7, 11) is 0. The van der Waals surface area contributed by atoms with Crippen molar-refractivity contribution >= 4 is 11.9 Å². The van der Waals surface area contributed by atoms with E-state index in [0.717, 1.165) is 12.8 Å². The van der Waals surface area contributed by atoms with E-state index in [2.05, 4.69) is 0 Å². The van der Waals surface area contributed by atoms with Gasteiger partial charge in [0, 0.05) is 12.8 Å². The van der Waals surface area contributed by atoms with Gasteiger partial charge in [-0.25, -0.2) is 0 Å². The first-order chi connectivity index (χ1) is 9.23. The highest BCUT2D eigenvalue weighted by Gasteiger charge is 2.17. The van der Waals surface area contributed by atoms with Crippen molar-refractivity contribution < 1.29 is 19.8 Å². The lowest BCUT2D eigenvalue weighted by atomic mass is 9.87. The van der Waals surface area contributed by atoms with E-state index in [-0.39, 0.29) is 24.7 Å². The summed E-state index contributed by atoms with van der Waals surface area (Å²) in [5.74, 6) is -0.584. The summed E-state index contributed by atoms with van der Waals surface area (Å²) in [6, 6.07) is 0. The molecular weight excluding hydrogens is 256 g/mol. The van der Waals surface area contributed by atoms with Crippen LogP contribution in [0, 0.1) is 23.7 Å². The predicted octanol–water partition coefficient (Wildman–Crippen LogP) is 3.82. The SMILES string of the molecule is CC(C)C(CC=CCC(CC(=O)O)C(C)C)CC(=O)O. The van der Waals surface area contributed by atoms with E-state index in [1.54, 1.807) is 0 Å². The molecule has 2 atom stereocenters. The fraction of sp³-hybridized carbons (Fsp3) is 0.750. The van der Waals surface area contributed by atoms with Gasteiger partial charge in [0.15, 0.2) is 0 Å². The van der Waals surface area contributed by atoms with Crippen LogP contribution in [0.3, 0.4) is 0 Å². The minimum atomic E-state index is -0.761. The van der Waals surface area contributed by atoms with Crippen molar-refractivity contribution in [1.29, 1.82) is 0 Å². The molecule has 0 aliphatic heterocycles. The topological polar surface area (TPSA) is 74.6 Å². The van der Waals surface area contributed by atoms with Gasteiger partial charge in [-0.05, 0) is 36.5 Å². The molecule has 0 heterocycles. The third kappa shape index (κ3) is 8.73. The lowest BCUT2D eigenvalue weighted by Crippen LogP contribution is -2.14. The van der Waals surface area contributed by atoms with Crippen LogP contribution in [0.5, 0.6) is 0 Å². The number of carbonyl (C=O) groups is 2. The average molecular weight is 284 g/mol. The third-order valence-corrected chi connectivity index (χ3v) is 3.80. The molecule has 2 N–H and O–H groups in total. The van der Waals surface area contributed by atoms with Gasteiger partial charge in [0.25, 0.3) is 0 Å². The van der Waals surface area contributed by atoms with Crippen molar-refractivity contribution in [3.05, 3.63) is 12.2 Å². The molecule has 116 valence electrons. The Morgan fingerprint density at radius 3 is 1.30 bits per heavy atom. The third-order valence-electron chi connectivity index (χ3n) is 3.80. The van der Waals surface area contributed by atoms with Crippen molar-refractivity contribution in [3.8, 4) is 0 Å². The van der Waals surface area contributed by atoms with Crippen LogP contribution in [-0.4, -0.2) is 22.2 Å². The fourth-order valence-electron chi connectivity index (χ4n) is 2.17. The Labute approximate surface area is 121 Å². The Morgan fingerprint density at radius 2 is 1.10 bits per heavy atom. The zero-order valence-corrected chi connectivity index (χ0v) is 13.0. The normalized spacial score (nSPS) is 14.9. The maximum absolute atomic E-state index is 10.8. The molecule has 0 fully saturated rings. The molecule has 4 nitrogen and oxygen atoms in total.